The minimum Gasteiger partial charge on any atom is -0.444 e. The third-order valence-electron chi connectivity index (χ3n) is 4.24. The lowest BCUT2D eigenvalue weighted by molar-refractivity contribution is -0.384. The van der Waals surface area contributed by atoms with E-state index in [1.54, 1.807) is 39.0 Å². The number of halogens is 2. The number of likely N-dealkylation sites (tertiary alicyclic amines) is 1. The lowest BCUT2D eigenvalue weighted by Crippen LogP contribution is -2.36. The Morgan fingerprint density at radius 3 is 2.79 bits per heavy atom. The van der Waals surface area contributed by atoms with E-state index in [4.69, 9.17) is 4.74 Å². The van der Waals surface area contributed by atoms with Crippen LogP contribution in [0.2, 0.25) is 0 Å². The van der Waals surface area contributed by atoms with Gasteiger partial charge in [-0.25, -0.2) is 14.2 Å². The van der Waals surface area contributed by atoms with Gasteiger partial charge in [0.2, 0.25) is 0 Å². The van der Waals surface area contributed by atoms with Gasteiger partial charge < -0.3 is 15.0 Å². The number of alkyl halides is 1. The highest BCUT2D eigenvalue weighted by molar-refractivity contribution is 9.10. The van der Waals surface area contributed by atoms with Crippen LogP contribution in [-0.2, 0) is 4.74 Å². The van der Waals surface area contributed by atoms with Crippen LogP contribution in [0.25, 0.3) is 10.9 Å². The van der Waals surface area contributed by atoms with Crippen LogP contribution >= 0.6 is 15.9 Å². The van der Waals surface area contributed by atoms with Gasteiger partial charge in [-0.15, -0.1) is 0 Å². The molecule has 2 atom stereocenters. The summed E-state index contributed by atoms with van der Waals surface area (Å²) in [5.41, 5.74) is -0.238. The van der Waals surface area contributed by atoms with E-state index < -0.39 is 28.8 Å². The van der Waals surface area contributed by atoms with E-state index in [0.717, 1.165) is 6.20 Å². The molecular weight excluding hydrogens is 435 g/mol. The summed E-state index contributed by atoms with van der Waals surface area (Å²) in [4.78, 5) is 28.5. The van der Waals surface area contributed by atoms with Crippen molar-refractivity contribution in [2.24, 2.45) is 0 Å². The van der Waals surface area contributed by atoms with Crippen LogP contribution in [0.5, 0.6) is 0 Å². The Balaban J connectivity index is 1.90. The molecule has 2 heterocycles. The molecule has 0 bridgehead atoms. The zero-order valence-corrected chi connectivity index (χ0v) is 17.2. The number of pyridine rings is 1. The van der Waals surface area contributed by atoms with E-state index in [0.29, 0.717) is 15.4 Å². The summed E-state index contributed by atoms with van der Waals surface area (Å²) in [7, 11) is 0. The Morgan fingerprint density at radius 2 is 2.14 bits per heavy atom. The van der Waals surface area contributed by atoms with Crippen LogP contribution in [0.1, 0.15) is 20.8 Å². The maximum atomic E-state index is 14.6. The predicted molar refractivity (Wildman–Crippen MR) is 106 cm³/mol. The molecule has 0 aliphatic carbocycles. The molecule has 8 nitrogen and oxygen atoms in total. The van der Waals surface area contributed by atoms with Crippen LogP contribution in [0, 0.1) is 10.1 Å². The highest BCUT2D eigenvalue weighted by atomic mass is 79.9. The van der Waals surface area contributed by atoms with Gasteiger partial charge in [0.05, 0.1) is 23.0 Å². The van der Waals surface area contributed by atoms with Gasteiger partial charge in [-0.1, -0.05) is 15.9 Å². The van der Waals surface area contributed by atoms with Gasteiger partial charge in [0.25, 0.3) is 0 Å². The number of fused-ring (bicyclic) bond motifs is 1. The van der Waals surface area contributed by atoms with Gasteiger partial charge >= 0.3 is 11.8 Å². The van der Waals surface area contributed by atoms with Gasteiger partial charge in [-0.2, -0.15) is 0 Å². The number of carbonyl (C=O) groups is 1. The number of benzene rings is 1. The Bertz CT molecular complexity index is 934. The highest BCUT2D eigenvalue weighted by Crippen LogP contribution is 2.35. The van der Waals surface area contributed by atoms with E-state index in [1.165, 1.54) is 4.90 Å². The van der Waals surface area contributed by atoms with E-state index in [1.807, 2.05) is 0 Å². The molecule has 1 aromatic carbocycles. The molecule has 150 valence electrons. The van der Waals surface area contributed by atoms with Crippen LogP contribution in [0.3, 0.4) is 0 Å². The SMILES string of the molecule is CC(C)(C)OC(=O)N1C[C@H](F)[C@H](Nc2c([N+](=O)[O-])cnc3ccc(Br)cc23)C1. The molecule has 1 N–H and O–H groups in total. The highest BCUT2D eigenvalue weighted by Gasteiger charge is 2.38. The first-order valence-corrected chi connectivity index (χ1v) is 9.45. The number of carbonyl (C=O) groups excluding carboxylic acids is 1. The maximum Gasteiger partial charge on any atom is 0.410 e. The number of rotatable bonds is 3. The molecule has 3 rings (SSSR count). The number of amides is 1. The molecule has 1 saturated heterocycles. The van der Waals surface area contributed by atoms with Crippen molar-refractivity contribution in [3.8, 4) is 0 Å². The zero-order valence-electron chi connectivity index (χ0n) is 15.6. The summed E-state index contributed by atoms with van der Waals surface area (Å²) in [6.07, 6.45) is -0.870. The van der Waals surface area contributed by atoms with Gasteiger partial charge in [0.15, 0.2) is 0 Å². The van der Waals surface area contributed by atoms with Crippen molar-refractivity contribution in [1.29, 1.82) is 0 Å². The first-order valence-electron chi connectivity index (χ1n) is 8.66. The summed E-state index contributed by atoms with van der Waals surface area (Å²) in [5, 5.41) is 14.9. The molecule has 1 aliphatic heterocycles. The minimum absolute atomic E-state index is 0.0328. The average molecular weight is 455 g/mol. The second kappa shape index (κ2) is 7.50. The van der Waals surface area contributed by atoms with Gasteiger partial charge in [-0.3, -0.25) is 10.1 Å². The second-order valence-corrected chi connectivity index (χ2v) is 8.50. The molecule has 1 amide bonds. The Morgan fingerprint density at radius 1 is 1.43 bits per heavy atom. The normalized spacial score (nSPS) is 19.7. The first kappa shape index (κ1) is 20.2. The smallest absolute Gasteiger partial charge is 0.410 e. The number of hydrogen-bond donors (Lipinski definition) is 1. The molecule has 0 radical (unpaired) electrons. The number of anilines is 1. The first-order chi connectivity index (χ1) is 13.0. The molecule has 0 spiro atoms. The zero-order chi connectivity index (χ0) is 20.6. The fraction of sp³-hybridized carbons (Fsp3) is 0.444. The number of hydrogen-bond acceptors (Lipinski definition) is 6. The topological polar surface area (TPSA) is 97.6 Å². The molecule has 1 fully saturated rings. The lowest BCUT2D eigenvalue weighted by atomic mass is 10.1. The molecule has 10 heteroatoms. The molecular formula is C18H20BrFN4O4. The predicted octanol–water partition coefficient (Wildman–Crippen LogP) is 4.27. The van der Waals surface area contributed by atoms with Crippen molar-refractivity contribution in [2.75, 3.05) is 18.4 Å². The van der Waals surface area contributed by atoms with Crippen molar-refractivity contribution < 1.29 is 18.8 Å². The van der Waals surface area contributed by atoms with Gasteiger partial charge in [0.1, 0.15) is 23.7 Å². The third kappa shape index (κ3) is 4.32. The van der Waals surface area contributed by atoms with Crippen molar-refractivity contribution in [3.05, 3.63) is 39.0 Å². The van der Waals surface area contributed by atoms with E-state index in [9.17, 15) is 19.3 Å². The van der Waals surface area contributed by atoms with Gasteiger partial charge in [-0.05, 0) is 39.0 Å². The molecule has 1 aliphatic rings. The monoisotopic (exact) mass is 454 g/mol. The third-order valence-corrected chi connectivity index (χ3v) is 4.73. The Kier molecular flexibility index (Phi) is 5.42. The summed E-state index contributed by atoms with van der Waals surface area (Å²) in [6.45, 7) is 5.08. The second-order valence-electron chi connectivity index (χ2n) is 7.59. The molecule has 2 aromatic rings. The fourth-order valence-corrected chi connectivity index (χ4v) is 3.37. The largest absolute Gasteiger partial charge is 0.444 e. The van der Waals surface area contributed by atoms with E-state index in [2.05, 4.69) is 26.2 Å². The lowest BCUT2D eigenvalue weighted by Gasteiger charge is -2.24. The Hall–Kier alpha value is -2.49. The van der Waals surface area contributed by atoms with Crippen LogP contribution in [0.15, 0.2) is 28.9 Å². The van der Waals surface area contributed by atoms with E-state index in [-0.39, 0.29) is 24.5 Å². The summed E-state index contributed by atoms with van der Waals surface area (Å²) >= 11 is 3.34. The molecule has 0 saturated carbocycles. The number of nitrogens with one attached hydrogen (secondary N) is 1. The fourth-order valence-electron chi connectivity index (χ4n) is 3.01. The van der Waals surface area contributed by atoms with Gasteiger partial charge in [0, 0.05) is 16.4 Å². The number of ether oxygens (including phenoxy) is 1. The minimum atomic E-state index is -1.40. The number of aromatic nitrogens is 1. The van der Waals surface area contributed by atoms with E-state index >= 15 is 0 Å². The quantitative estimate of drug-likeness (QED) is 0.548. The summed E-state index contributed by atoms with van der Waals surface area (Å²) < 4.78 is 20.6. The maximum absolute atomic E-state index is 14.6. The van der Waals surface area contributed by atoms with Crippen LogP contribution in [-0.4, -0.2) is 51.8 Å². The van der Waals surface area contributed by atoms with Crippen molar-refractivity contribution in [2.45, 2.75) is 38.6 Å². The van der Waals surface area contributed by atoms with Crippen LogP contribution < -0.4 is 5.32 Å². The van der Waals surface area contributed by atoms with Crippen molar-refractivity contribution in [1.82, 2.24) is 9.88 Å². The number of nitrogens with zero attached hydrogens (tertiary/aromatic N) is 3. The summed E-state index contributed by atoms with van der Waals surface area (Å²) in [5.74, 6) is 0. The molecule has 1 aromatic heterocycles. The summed E-state index contributed by atoms with van der Waals surface area (Å²) in [6, 6.07) is 4.35. The van der Waals surface area contributed by atoms with Crippen molar-refractivity contribution in [3.63, 3.8) is 0 Å². The Labute approximate surface area is 169 Å². The standard InChI is InChI=1S/C18H20BrFN4O4/c1-18(2,3)28-17(25)23-8-12(20)14(9-23)22-16-11-6-10(19)4-5-13(11)21-7-15(16)24(26)27/h4-7,12,14H,8-9H2,1-3H3,(H,21,22)/t12-,14+/m0/s1. The van der Waals surface area contributed by atoms with Crippen LogP contribution in [0.4, 0.5) is 20.6 Å². The van der Waals surface area contributed by atoms with Crippen molar-refractivity contribution >= 4 is 44.3 Å². The molecule has 0 unspecified atom stereocenters. The molecule has 28 heavy (non-hydrogen) atoms. The average Bonchev–Trinajstić information content (AvgIpc) is 2.94. The number of nitro groups is 1.